The molecule has 0 spiro atoms. The number of anilines is 1. The molecule has 0 saturated carbocycles. The maximum absolute atomic E-state index is 3.66. The summed E-state index contributed by atoms with van der Waals surface area (Å²) < 4.78 is 0. The fraction of sp³-hybridized carbons (Fsp3) is 0.310. The summed E-state index contributed by atoms with van der Waals surface area (Å²) >= 11 is 0. The number of hydrogen-bond acceptors (Lipinski definition) is 2. The minimum Gasteiger partial charge on any atom is -0.297 e. The Morgan fingerprint density at radius 3 is 1.90 bits per heavy atom. The molecule has 2 nitrogen and oxygen atoms in total. The molecule has 2 heteroatoms. The molecule has 3 aromatic carbocycles. The summed E-state index contributed by atoms with van der Waals surface area (Å²) in [7, 11) is 0. The highest BCUT2D eigenvalue weighted by Gasteiger charge is 2.29. The van der Waals surface area contributed by atoms with Gasteiger partial charge in [0.15, 0.2) is 0 Å². The molecule has 1 aliphatic heterocycles. The van der Waals surface area contributed by atoms with E-state index in [2.05, 4.69) is 136 Å². The largest absolute Gasteiger partial charge is 0.297 e. The van der Waals surface area contributed by atoms with Crippen molar-refractivity contribution in [1.82, 2.24) is 5.43 Å². The average molecular weight is 411 g/mol. The van der Waals surface area contributed by atoms with Crippen molar-refractivity contribution in [1.29, 1.82) is 0 Å². The van der Waals surface area contributed by atoms with Crippen LogP contribution in [0.2, 0.25) is 0 Å². The van der Waals surface area contributed by atoms with E-state index < -0.39 is 0 Å². The van der Waals surface area contributed by atoms with Gasteiger partial charge in [-0.15, -0.1) is 0 Å². The number of hydrazine groups is 1. The normalized spacial score (nSPS) is 16.7. The fourth-order valence-electron chi connectivity index (χ4n) is 4.87. The van der Waals surface area contributed by atoms with Gasteiger partial charge in [-0.3, -0.25) is 10.4 Å². The van der Waals surface area contributed by atoms with Crippen LogP contribution in [0, 0.1) is 5.41 Å². The van der Waals surface area contributed by atoms with Crippen LogP contribution in [0.15, 0.2) is 91.0 Å². The number of rotatable bonds is 5. The number of hydrogen-bond donors (Lipinski definition) is 1. The molecule has 1 atom stereocenters. The lowest BCUT2D eigenvalue weighted by atomic mass is 9.72. The molecule has 1 N–H and O–H groups in total. The third kappa shape index (κ3) is 4.85. The van der Waals surface area contributed by atoms with Crippen molar-refractivity contribution in [3.05, 3.63) is 108 Å². The van der Waals surface area contributed by atoms with Crippen molar-refractivity contribution in [2.45, 2.75) is 52.5 Å². The molecule has 4 rings (SSSR count). The van der Waals surface area contributed by atoms with Crippen molar-refractivity contribution < 1.29 is 0 Å². The molecular formula is C29H34N2. The van der Waals surface area contributed by atoms with Crippen LogP contribution in [0.25, 0.3) is 5.70 Å². The zero-order valence-corrected chi connectivity index (χ0v) is 19.4. The van der Waals surface area contributed by atoms with E-state index in [1.54, 1.807) is 0 Å². The van der Waals surface area contributed by atoms with Gasteiger partial charge in [0, 0.05) is 0 Å². The minimum absolute atomic E-state index is 0.140. The third-order valence-electron chi connectivity index (χ3n) is 5.97. The summed E-state index contributed by atoms with van der Waals surface area (Å²) in [6.07, 6.45) is 3.47. The predicted octanol–water partition coefficient (Wildman–Crippen LogP) is 7.51. The third-order valence-corrected chi connectivity index (χ3v) is 5.97. The van der Waals surface area contributed by atoms with Crippen LogP contribution >= 0.6 is 0 Å². The first kappa shape index (κ1) is 21.2. The van der Waals surface area contributed by atoms with Crippen molar-refractivity contribution in [2.75, 3.05) is 5.01 Å². The zero-order valence-electron chi connectivity index (χ0n) is 19.4. The van der Waals surface area contributed by atoms with E-state index in [-0.39, 0.29) is 11.5 Å². The molecule has 31 heavy (non-hydrogen) atoms. The first-order chi connectivity index (χ1) is 14.7. The number of nitrogens with one attached hydrogen (secondary N) is 1. The summed E-state index contributed by atoms with van der Waals surface area (Å²) in [5.74, 6) is 0. The van der Waals surface area contributed by atoms with Gasteiger partial charge >= 0.3 is 0 Å². The Labute approximate surface area is 187 Å². The highest BCUT2D eigenvalue weighted by atomic mass is 15.5. The van der Waals surface area contributed by atoms with Crippen LogP contribution < -0.4 is 10.4 Å². The Balaban J connectivity index is 1.64. The second-order valence-electron chi connectivity index (χ2n) is 10.5. The van der Waals surface area contributed by atoms with E-state index >= 15 is 0 Å². The second kappa shape index (κ2) is 8.26. The van der Waals surface area contributed by atoms with Crippen LogP contribution in [0.4, 0.5) is 5.69 Å². The van der Waals surface area contributed by atoms with E-state index in [0.717, 1.165) is 12.1 Å². The van der Waals surface area contributed by atoms with Gasteiger partial charge in [-0.25, -0.2) is 0 Å². The lowest BCUT2D eigenvalue weighted by molar-refractivity contribution is 0.284. The van der Waals surface area contributed by atoms with Gasteiger partial charge in [0.2, 0.25) is 0 Å². The Morgan fingerprint density at radius 1 is 0.742 bits per heavy atom. The SMILES string of the molecule is CC(C)(C)CC(C)(C)c1ccc(N2NC(c3ccccc3)=CC2c2ccccc2)cc1. The van der Waals surface area contributed by atoms with Gasteiger partial charge in [0.05, 0.1) is 17.4 Å². The van der Waals surface area contributed by atoms with Crippen LogP contribution in [0.3, 0.4) is 0 Å². The maximum Gasteiger partial charge on any atom is 0.0958 e. The zero-order chi connectivity index (χ0) is 22.1. The van der Waals surface area contributed by atoms with Crippen LogP contribution in [-0.4, -0.2) is 0 Å². The molecule has 0 bridgehead atoms. The summed E-state index contributed by atoms with van der Waals surface area (Å²) in [4.78, 5) is 0. The summed E-state index contributed by atoms with van der Waals surface area (Å²) in [6.45, 7) is 11.7. The summed E-state index contributed by atoms with van der Waals surface area (Å²) in [6, 6.07) is 30.5. The smallest absolute Gasteiger partial charge is 0.0958 e. The van der Waals surface area contributed by atoms with E-state index in [4.69, 9.17) is 0 Å². The Bertz CT molecular complexity index is 1030. The first-order valence-electron chi connectivity index (χ1n) is 11.2. The first-order valence-corrected chi connectivity index (χ1v) is 11.2. The van der Waals surface area contributed by atoms with Gasteiger partial charge in [0.25, 0.3) is 0 Å². The highest BCUT2D eigenvalue weighted by Crippen LogP contribution is 2.39. The lowest BCUT2D eigenvalue weighted by Gasteiger charge is -2.34. The van der Waals surface area contributed by atoms with Crippen LogP contribution in [0.1, 0.15) is 63.8 Å². The van der Waals surface area contributed by atoms with Gasteiger partial charge in [-0.1, -0.05) is 107 Å². The Morgan fingerprint density at radius 2 is 1.32 bits per heavy atom. The predicted molar refractivity (Wildman–Crippen MR) is 133 cm³/mol. The minimum atomic E-state index is 0.140. The lowest BCUT2D eigenvalue weighted by Crippen LogP contribution is -2.34. The molecule has 160 valence electrons. The average Bonchev–Trinajstić information content (AvgIpc) is 3.19. The van der Waals surface area contributed by atoms with Crippen LogP contribution in [0.5, 0.6) is 0 Å². The molecule has 1 unspecified atom stereocenters. The summed E-state index contributed by atoms with van der Waals surface area (Å²) in [5, 5.41) is 2.28. The molecule has 0 aromatic heterocycles. The van der Waals surface area contributed by atoms with Gasteiger partial charge < -0.3 is 0 Å². The molecule has 1 aliphatic rings. The van der Waals surface area contributed by atoms with Gasteiger partial charge in [-0.2, -0.15) is 0 Å². The fourth-order valence-corrected chi connectivity index (χ4v) is 4.87. The van der Waals surface area contributed by atoms with E-state index in [1.807, 2.05) is 0 Å². The van der Waals surface area contributed by atoms with Gasteiger partial charge in [0.1, 0.15) is 0 Å². The van der Waals surface area contributed by atoms with E-state index in [1.165, 1.54) is 22.4 Å². The Hall–Kier alpha value is -3.00. The van der Waals surface area contributed by atoms with Gasteiger partial charge in [-0.05, 0) is 52.1 Å². The second-order valence-corrected chi connectivity index (χ2v) is 10.5. The molecule has 0 saturated heterocycles. The quantitative estimate of drug-likeness (QED) is 0.468. The molecule has 1 heterocycles. The molecule has 3 aromatic rings. The van der Waals surface area contributed by atoms with Crippen molar-refractivity contribution >= 4 is 11.4 Å². The molecule has 0 radical (unpaired) electrons. The maximum atomic E-state index is 3.66. The van der Waals surface area contributed by atoms with Crippen LogP contribution in [-0.2, 0) is 5.41 Å². The number of benzene rings is 3. The molecular weight excluding hydrogens is 376 g/mol. The Kier molecular flexibility index (Phi) is 5.66. The van der Waals surface area contributed by atoms with Crippen molar-refractivity contribution in [2.24, 2.45) is 5.41 Å². The standard InChI is InChI=1S/C29H34N2/c1-28(2,3)21-29(4,5)24-16-18-25(19-17-24)31-27(23-14-10-7-11-15-23)20-26(30-31)22-12-8-6-9-13-22/h6-20,27,30H,21H2,1-5H3. The van der Waals surface area contributed by atoms with Crippen molar-refractivity contribution in [3.8, 4) is 0 Å². The van der Waals surface area contributed by atoms with E-state index in [9.17, 15) is 0 Å². The molecule has 0 fully saturated rings. The summed E-state index contributed by atoms with van der Waals surface area (Å²) in [5.41, 5.74) is 10.3. The van der Waals surface area contributed by atoms with E-state index in [0.29, 0.717) is 5.41 Å². The monoisotopic (exact) mass is 410 g/mol. The molecule has 0 amide bonds. The number of nitrogens with zero attached hydrogens (tertiary/aromatic N) is 1. The highest BCUT2D eigenvalue weighted by molar-refractivity contribution is 5.72. The van der Waals surface area contributed by atoms with Crippen molar-refractivity contribution in [3.63, 3.8) is 0 Å². The molecule has 0 aliphatic carbocycles. The topological polar surface area (TPSA) is 15.3 Å².